The first kappa shape index (κ1) is 11.0. The van der Waals surface area contributed by atoms with E-state index in [1.165, 1.54) is 12.3 Å². The average Bonchev–Trinajstić information content (AvgIpc) is 2.07. The third kappa shape index (κ3) is 2.70. The molecule has 0 spiro atoms. The number of carbonyl (C=O) groups excluding carboxylic acids is 1. The molecule has 0 aliphatic carbocycles. The Hall–Kier alpha value is -1.10. The number of pyridine rings is 1. The highest BCUT2D eigenvalue weighted by molar-refractivity contribution is 9.10. The zero-order valence-corrected chi connectivity index (χ0v) is 9.50. The highest BCUT2D eigenvalue weighted by atomic mass is 79.9. The third-order valence-corrected chi connectivity index (χ3v) is 1.92. The molecular formula is C9H11BrN2O2. The van der Waals surface area contributed by atoms with E-state index >= 15 is 0 Å². The van der Waals surface area contributed by atoms with Crippen molar-refractivity contribution in [3.63, 3.8) is 0 Å². The van der Waals surface area contributed by atoms with E-state index in [9.17, 15) is 9.90 Å². The minimum atomic E-state index is -0.684. The predicted octanol–water partition coefficient (Wildman–Crippen LogP) is 1.90. The number of rotatable bonds is 2. The molecule has 0 aromatic carbocycles. The Morgan fingerprint density at radius 2 is 2.29 bits per heavy atom. The number of carbonyl (C=O) groups is 1. The highest BCUT2D eigenvalue weighted by Gasteiger charge is 2.24. The van der Waals surface area contributed by atoms with Crippen LogP contribution in [0.2, 0.25) is 0 Å². The molecule has 1 heterocycles. The van der Waals surface area contributed by atoms with E-state index in [0.29, 0.717) is 0 Å². The first-order valence-corrected chi connectivity index (χ1v) is 4.85. The summed E-state index contributed by atoms with van der Waals surface area (Å²) < 4.78 is -0.684. The van der Waals surface area contributed by atoms with Crippen LogP contribution in [-0.4, -0.2) is 20.3 Å². The van der Waals surface area contributed by atoms with Gasteiger partial charge in [0.25, 0.3) is 0 Å². The Balaban J connectivity index is 2.80. The minimum Gasteiger partial charge on any atom is -0.504 e. The lowest BCUT2D eigenvalue weighted by atomic mass is 10.2. The molecule has 0 bridgehead atoms. The number of anilines is 1. The van der Waals surface area contributed by atoms with Gasteiger partial charge in [0, 0.05) is 6.20 Å². The van der Waals surface area contributed by atoms with Crippen molar-refractivity contribution in [3.05, 3.63) is 18.3 Å². The summed E-state index contributed by atoms with van der Waals surface area (Å²) in [6.45, 7) is 3.42. The van der Waals surface area contributed by atoms with Crippen molar-refractivity contribution < 1.29 is 9.90 Å². The highest BCUT2D eigenvalue weighted by Crippen LogP contribution is 2.22. The zero-order valence-electron chi connectivity index (χ0n) is 7.91. The van der Waals surface area contributed by atoms with Crippen LogP contribution in [0.3, 0.4) is 0 Å². The molecule has 0 radical (unpaired) electrons. The molecule has 4 nitrogen and oxygen atoms in total. The van der Waals surface area contributed by atoms with E-state index in [1.54, 1.807) is 19.9 Å². The average molecular weight is 259 g/mol. The summed E-state index contributed by atoms with van der Waals surface area (Å²) >= 11 is 3.20. The summed E-state index contributed by atoms with van der Waals surface area (Å²) in [5, 5.41) is 11.8. The fourth-order valence-electron chi connectivity index (χ4n) is 0.749. The standard InChI is InChI=1S/C9H11BrN2O2/c1-9(2,10)8(14)12-7-6(13)4-3-5-11-7/h3-5,13H,1-2H3,(H,11,12,14). The van der Waals surface area contributed by atoms with Crippen LogP contribution in [-0.2, 0) is 4.79 Å². The van der Waals surface area contributed by atoms with Crippen molar-refractivity contribution in [1.82, 2.24) is 4.98 Å². The van der Waals surface area contributed by atoms with Gasteiger partial charge in [-0.15, -0.1) is 0 Å². The van der Waals surface area contributed by atoms with Gasteiger partial charge in [-0.2, -0.15) is 0 Å². The minimum absolute atomic E-state index is 0.0439. The Labute approximate surface area is 90.5 Å². The number of halogens is 1. The molecule has 0 atom stereocenters. The van der Waals surface area contributed by atoms with Crippen LogP contribution in [0, 0.1) is 0 Å². The van der Waals surface area contributed by atoms with Crippen molar-refractivity contribution in [3.8, 4) is 5.75 Å². The molecule has 1 rings (SSSR count). The van der Waals surface area contributed by atoms with Crippen LogP contribution < -0.4 is 5.32 Å². The molecule has 0 fully saturated rings. The molecule has 0 aliphatic heterocycles. The molecule has 0 saturated heterocycles. The van der Waals surface area contributed by atoms with Gasteiger partial charge >= 0.3 is 0 Å². The number of amides is 1. The van der Waals surface area contributed by atoms with Crippen molar-refractivity contribution in [2.75, 3.05) is 5.32 Å². The van der Waals surface area contributed by atoms with Gasteiger partial charge < -0.3 is 10.4 Å². The SMILES string of the molecule is CC(C)(Br)C(=O)Nc1ncccc1O. The molecular weight excluding hydrogens is 248 g/mol. The van der Waals surface area contributed by atoms with Gasteiger partial charge in [-0.05, 0) is 26.0 Å². The summed E-state index contributed by atoms with van der Waals surface area (Å²) in [5.41, 5.74) is 0. The molecule has 1 aromatic heterocycles. The molecule has 14 heavy (non-hydrogen) atoms. The van der Waals surface area contributed by atoms with Gasteiger partial charge in [0.2, 0.25) is 5.91 Å². The van der Waals surface area contributed by atoms with Crippen molar-refractivity contribution in [2.45, 2.75) is 18.2 Å². The monoisotopic (exact) mass is 258 g/mol. The summed E-state index contributed by atoms with van der Waals surface area (Å²) in [6, 6.07) is 3.05. The van der Waals surface area contributed by atoms with Gasteiger partial charge in [-0.1, -0.05) is 15.9 Å². The lowest BCUT2D eigenvalue weighted by molar-refractivity contribution is -0.117. The fraction of sp³-hybridized carbons (Fsp3) is 0.333. The van der Waals surface area contributed by atoms with Crippen LogP contribution in [0.15, 0.2) is 18.3 Å². The maximum absolute atomic E-state index is 11.5. The molecule has 1 amide bonds. The maximum atomic E-state index is 11.5. The van der Waals surface area contributed by atoms with Gasteiger partial charge in [0.1, 0.15) is 0 Å². The molecule has 5 heteroatoms. The lowest BCUT2D eigenvalue weighted by Gasteiger charge is -2.15. The fourth-order valence-corrected chi connectivity index (χ4v) is 0.848. The summed E-state index contributed by atoms with van der Waals surface area (Å²) in [7, 11) is 0. The molecule has 0 saturated carbocycles. The normalized spacial score (nSPS) is 11.1. The topological polar surface area (TPSA) is 62.2 Å². The molecule has 76 valence electrons. The van der Waals surface area contributed by atoms with Gasteiger partial charge in [0.15, 0.2) is 11.6 Å². The van der Waals surface area contributed by atoms with E-state index in [-0.39, 0.29) is 17.5 Å². The largest absolute Gasteiger partial charge is 0.504 e. The smallest absolute Gasteiger partial charge is 0.241 e. The first-order valence-electron chi connectivity index (χ1n) is 4.05. The van der Waals surface area contributed by atoms with Crippen LogP contribution in [0.25, 0.3) is 0 Å². The van der Waals surface area contributed by atoms with Crippen LogP contribution in [0.1, 0.15) is 13.8 Å². The van der Waals surface area contributed by atoms with E-state index < -0.39 is 4.32 Å². The number of aromatic nitrogens is 1. The summed E-state index contributed by atoms with van der Waals surface area (Å²) in [4.78, 5) is 15.3. The molecule has 1 aromatic rings. The number of nitrogens with zero attached hydrogens (tertiary/aromatic N) is 1. The van der Waals surface area contributed by atoms with Crippen molar-refractivity contribution in [2.24, 2.45) is 0 Å². The zero-order chi connectivity index (χ0) is 10.8. The summed E-state index contributed by atoms with van der Waals surface area (Å²) in [6.07, 6.45) is 1.50. The van der Waals surface area contributed by atoms with Gasteiger partial charge in [-0.25, -0.2) is 4.98 Å². The summed E-state index contributed by atoms with van der Waals surface area (Å²) in [5.74, 6) is -0.130. The van der Waals surface area contributed by atoms with Crippen LogP contribution >= 0.6 is 15.9 Å². The number of nitrogens with one attached hydrogen (secondary N) is 1. The number of aromatic hydroxyl groups is 1. The third-order valence-electron chi connectivity index (χ3n) is 1.56. The number of hydrogen-bond donors (Lipinski definition) is 2. The van der Waals surface area contributed by atoms with Gasteiger partial charge in [-0.3, -0.25) is 4.79 Å². The lowest BCUT2D eigenvalue weighted by Crippen LogP contribution is -2.31. The van der Waals surface area contributed by atoms with E-state index in [4.69, 9.17) is 0 Å². The Morgan fingerprint density at radius 1 is 1.64 bits per heavy atom. The maximum Gasteiger partial charge on any atom is 0.241 e. The Bertz CT molecular complexity index is 347. The van der Waals surface area contributed by atoms with Crippen LogP contribution in [0.5, 0.6) is 5.75 Å². The second kappa shape index (κ2) is 3.96. The number of alkyl halides is 1. The number of hydrogen-bond acceptors (Lipinski definition) is 3. The predicted molar refractivity (Wildman–Crippen MR) is 57.5 cm³/mol. The second-order valence-electron chi connectivity index (χ2n) is 3.30. The van der Waals surface area contributed by atoms with Crippen LogP contribution in [0.4, 0.5) is 5.82 Å². The van der Waals surface area contributed by atoms with Gasteiger partial charge in [0.05, 0.1) is 4.32 Å². The Kier molecular flexibility index (Phi) is 3.10. The van der Waals surface area contributed by atoms with E-state index in [0.717, 1.165) is 0 Å². The van der Waals surface area contributed by atoms with E-state index in [1.807, 2.05) is 0 Å². The second-order valence-corrected chi connectivity index (χ2v) is 5.28. The van der Waals surface area contributed by atoms with Crippen molar-refractivity contribution >= 4 is 27.7 Å². The quantitative estimate of drug-likeness (QED) is 0.797. The van der Waals surface area contributed by atoms with Crippen molar-refractivity contribution in [1.29, 1.82) is 0 Å². The molecule has 0 unspecified atom stereocenters. The Morgan fingerprint density at radius 3 is 2.79 bits per heavy atom. The van der Waals surface area contributed by atoms with E-state index in [2.05, 4.69) is 26.2 Å². The molecule has 2 N–H and O–H groups in total. The molecule has 0 aliphatic rings. The first-order chi connectivity index (χ1) is 6.41.